The number of H-pyrrole nitrogens is 1. The number of carbonyl (C=O) groups is 1. The van der Waals surface area contributed by atoms with Gasteiger partial charge in [0, 0.05) is 16.1 Å². The number of halogens is 1. The summed E-state index contributed by atoms with van der Waals surface area (Å²) in [4.78, 5) is 11.7. The van der Waals surface area contributed by atoms with Gasteiger partial charge in [-0.25, -0.2) is 0 Å². The Bertz CT molecular complexity index is 589. The Hall–Kier alpha value is -1.88. The van der Waals surface area contributed by atoms with E-state index in [1.807, 2.05) is 31.2 Å². The van der Waals surface area contributed by atoms with Crippen LogP contribution in [-0.4, -0.2) is 16.1 Å². The number of aromatic nitrogens is 2. The Kier molecular flexibility index (Phi) is 3.94. The maximum Gasteiger partial charge on any atom is 0.249 e. The zero-order valence-corrected chi connectivity index (χ0v) is 11.4. The van der Waals surface area contributed by atoms with E-state index in [9.17, 15) is 4.79 Å². The Morgan fingerprint density at radius 2 is 2.22 bits per heavy atom. The molecule has 1 heterocycles. The summed E-state index contributed by atoms with van der Waals surface area (Å²) >= 11 is 3.42. The van der Waals surface area contributed by atoms with Crippen molar-refractivity contribution in [2.75, 3.05) is 5.32 Å². The van der Waals surface area contributed by atoms with Crippen LogP contribution in [0.25, 0.3) is 6.08 Å². The molecule has 0 unspecified atom stereocenters. The molecule has 18 heavy (non-hydrogen) atoms. The molecule has 0 bridgehead atoms. The highest BCUT2D eigenvalue weighted by Crippen LogP contribution is 2.17. The van der Waals surface area contributed by atoms with Crippen LogP contribution in [0.1, 0.15) is 11.1 Å². The Morgan fingerprint density at radius 1 is 1.44 bits per heavy atom. The first-order valence-corrected chi connectivity index (χ1v) is 6.19. The second-order valence-corrected chi connectivity index (χ2v) is 4.63. The molecular weight excluding hydrogens is 294 g/mol. The van der Waals surface area contributed by atoms with Gasteiger partial charge in [0.2, 0.25) is 5.91 Å². The number of rotatable bonds is 3. The number of nitrogens with one attached hydrogen (secondary N) is 2. The lowest BCUT2D eigenvalue weighted by molar-refractivity contribution is -0.111. The van der Waals surface area contributed by atoms with Crippen LogP contribution in [0, 0.1) is 6.92 Å². The van der Waals surface area contributed by atoms with Crippen LogP contribution in [0.5, 0.6) is 0 Å². The number of hydrogen-bond acceptors (Lipinski definition) is 2. The molecule has 2 rings (SSSR count). The summed E-state index contributed by atoms with van der Waals surface area (Å²) in [5.41, 5.74) is 1.85. The lowest BCUT2D eigenvalue weighted by Crippen LogP contribution is -2.08. The van der Waals surface area contributed by atoms with Crippen molar-refractivity contribution in [2.24, 2.45) is 0 Å². The van der Waals surface area contributed by atoms with Gasteiger partial charge in [-0.15, -0.1) is 0 Å². The monoisotopic (exact) mass is 305 g/mol. The molecule has 0 aliphatic heterocycles. The Labute approximate surface area is 113 Å². The number of amides is 1. The highest BCUT2D eigenvalue weighted by Gasteiger charge is 2.02. The predicted molar refractivity (Wildman–Crippen MR) is 75.1 cm³/mol. The van der Waals surface area contributed by atoms with Crippen LogP contribution in [0.15, 0.2) is 41.0 Å². The van der Waals surface area contributed by atoms with E-state index in [1.165, 1.54) is 6.08 Å². The van der Waals surface area contributed by atoms with Crippen molar-refractivity contribution in [1.82, 2.24) is 10.2 Å². The first kappa shape index (κ1) is 12.6. The highest BCUT2D eigenvalue weighted by atomic mass is 79.9. The number of anilines is 1. The molecule has 92 valence electrons. The fourth-order valence-electron chi connectivity index (χ4n) is 1.41. The summed E-state index contributed by atoms with van der Waals surface area (Å²) < 4.78 is 0.951. The van der Waals surface area contributed by atoms with Crippen molar-refractivity contribution in [1.29, 1.82) is 0 Å². The van der Waals surface area contributed by atoms with Crippen LogP contribution in [0.4, 0.5) is 5.82 Å². The Balaban J connectivity index is 2.04. The average molecular weight is 306 g/mol. The quantitative estimate of drug-likeness (QED) is 0.856. The van der Waals surface area contributed by atoms with E-state index in [2.05, 4.69) is 31.4 Å². The molecular formula is C13H12BrN3O. The minimum absolute atomic E-state index is 0.196. The smallest absolute Gasteiger partial charge is 0.249 e. The van der Waals surface area contributed by atoms with Gasteiger partial charge in [0.1, 0.15) is 5.82 Å². The van der Waals surface area contributed by atoms with Gasteiger partial charge in [0.15, 0.2) is 0 Å². The van der Waals surface area contributed by atoms with Crippen molar-refractivity contribution >= 4 is 33.7 Å². The van der Waals surface area contributed by atoms with Crippen LogP contribution in [0.3, 0.4) is 0 Å². The van der Waals surface area contributed by atoms with E-state index in [4.69, 9.17) is 0 Å². The summed E-state index contributed by atoms with van der Waals surface area (Å²) in [6, 6.07) is 7.70. The molecule has 4 nitrogen and oxygen atoms in total. The standard InChI is InChI=1S/C13H12BrN3O/c1-9-8-15-17-13(9)16-12(18)7-6-10-4-2-3-5-11(10)14/h2-8H,1H3,(H2,15,16,17,18)/b7-6+. The van der Waals surface area contributed by atoms with Crippen LogP contribution in [0.2, 0.25) is 0 Å². The van der Waals surface area contributed by atoms with Gasteiger partial charge >= 0.3 is 0 Å². The van der Waals surface area contributed by atoms with Crippen LogP contribution < -0.4 is 5.32 Å². The fourth-order valence-corrected chi connectivity index (χ4v) is 1.83. The number of benzene rings is 1. The molecule has 0 saturated carbocycles. The SMILES string of the molecule is Cc1cn[nH]c1NC(=O)/C=C/c1ccccc1Br. The third kappa shape index (κ3) is 3.07. The van der Waals surface area contributed by atoms with E-state index in [0.717, 1.165) is 15.6 Å². The molecule has 2 aromatic rings. The number of carbonyl (C=O) groups excluding carboxylic acids is 1. The summed E-state index contributed by atoms with van der Waals surface area (Å²) in [5, 5.41) is 9.28. The largest absolute Gasteiger partial charge is 0.307 e. The third-order valence-corrected chi connectivity index (χ3v) is 3.12. The van der Waals surface area contributed by atoms with Gasteiger partial charge in [-0.3, -0.25) is 9.89 Å². The van der Waals surface area contributed by atoms with Gasteiger partial charge in [0.25, 0.3) is 0 Å². The summed E-state index contributed by atoms with van der Waals surface area (Å²) in [6.07, 6.45) is 4.90. The minimum atomic E-state index is -0.196. The molecule has 0 saturated heterocycles. The topological polar surface area (TPSA) is 57.8 Å². The number of aryl methyl sites for hydroxylation is 1. The fraction of sp³-hybridized carbons (Fsp3) is 0.0769. The van der Waals surface area contributed by atoms with Crippen molar-refractivity contribution in [3.8, 4) is 0 Å². The summed E-state index contributed by atoms with van der Waals surface area (Å²) in [7, 11) is 0. The van der Waals surface area contributed by atoms with Crippen molar-refractivity contribution < 1.29 is 4.79 Å². The lowest BCUT2D eigenvalue weighted by atomic mass is 10.2. The van der Waals surface area contributed by atoms with E-state index in [-0.39, 0.29) is 5.91 Å². The first-order chi connectivity index (χ1) is 8.66. The number of hydrogen-bond donors (Lipinski definition) is 2. The first-order valence-electron chi connectivity index (χ1n) is 5.40. The molecule has 1 aromatic heterocycles. The molecule has 0 aliphatic rings. The van der Waals surface area contributed by atoms with Gasteiger partial charge < -0.3 is 5.32 Å². The normalized spacial score (nSPS) is 10.8. The maximum atomic E-state index is 11.7. The van der Waals surface area contributed by atoms with E-state index in [1.54, 1.807) is 12.3 Å². The molecule has 2 N–H and O–H groups in total. The van der Waals surface area contributed by atoms with Crippen molar-refractivity contribution in [2.45, 2.75) is 6.92 Å². The summed E-state index contributed by atoms with van der Waals surface area (Å²) in [6.45, 7) is 1.87. The van der Waals surface area contributed by atoms with Gasteiger partial charge in [0.05, 0.1) is 6.20 Å². The minimum Gasteiger partial charge on any atom is -0.307 e. The number of aromatic amines is 1. The van der Waals surface area contributed by atoms with Crippen molar-refractivity contribution in [3.05, 3.63) is 52.1 Å². The Morgan fingerprint density at radius 3 is 2.89 bits per heavy atom. The zero-order chi connectivity index (χ0) is 13.0. The molecule has 1 amide bonds. The average Bonchev–Trinajstić information content (AvgIpc) is 2.74. The lowest BCUT2D eigenvalue weighted by Gasteiger charge is -2.00. The molecule has 1 aromatic carbocycles. The predicted octanol–water partition coefficient (Wildman–Crippen LogP) is 3.13. The maximum absolute atomic E-state index is 11.7. The molecule has 0 spiro atoms. The van der Waals surface area contributed by atoms with Gasteiger partial charge in [-0.05, 0) is 24.6 Å². The van der Waals surface area contributed by atoms with E-state index in [0.29, 0.717) is 5.82 Å². The van der Waals surface area contributed by atoms with Crippen LogP contribution >= 0.6 is 15.9 Å². The van der Waals surface area contributed by atoms with Crippen LogP contribution in [-0.2, 0) is 4.79 Å². The van der Waals surface area contributed by atoms with E-state index >= 15 is 0 Å². The van der Waals surface area contributed by atoms with Crippen molar-refractivity contribution in [3.63, 3.8) is 0 Å². The molecule has 0 radical (unpaired) electrons. The highest BCUT2D eigenvalue weighted by molar-refractivity contribution is 9.10. The zero-order valence-electron chi connectivity index (χ0n) is 9.77. The van der Waals surface area contributed by atoms with E-state index < -0.39 is 0 Å². The summed E-state index contributed by atoms with van der Waals surface area (Å²) in [5.74, 6) is 0.426. The second kappa shape index (κ2) is 5.64. The molecule has 0 atom stereocenters. The molecule has 0 aliphatic carbocycles. The van der Waals surface area contributed by atoms with Gasteiger partial charge in [-0.1, -0.05) is 34.1 Å². The second-order valence-electron chi connectivity index (χ2n) is 3.77. The number of nitrogens with zero attached hydrogens (tertiary/aromatic N) is 1. The molecule has 5 heteroatoms. The third-order valence-electron chi connectivity index (χ3n) is 2.40. The molecule has 0 fully saturated rings. The van der Waals surface area contributed by atoms with Gasteiger partial charge in [-0.2, -0.15) is 5.10 Å².